The Balaban J connectivity index is 1.49. The molecule has 0 aliphatic carbocycles. The van der Waals surface area contributed by atoms with Gasteiger partial charge in [-0.15, -0.1) is 10.2 Å². The third-order valence-electron chi connectivity index (χ3n) is 4.20. The minimum Gasteiger partial charge on any atom is -0.360 e. The van der Waals surface area contributed by atoms with Crippen LogP contribution in [0.2, 0.25) is 5.02 Å². The summed E-state index contributed by atoms with van der Waals surface area (Å²) in [6.07, 6.45) is 0. The Labute approximate surface area is 166 Å². The second-order valence-electron chi connectivity index (χ2n) is 6.18. The summed E-state index contributed by atoms with van der Waals surface area (Å²) in [5.41, 5.74) is 3.96. The molecule has 0 amide bonds. The molecule has 0 aliphatic heterocycles. The zero-order chi connectivity index (χ0) is 18.8. The number of hydrogen-bond acceptors (Lipinski definition) is 5. The SMILES string of the molecule is Cc1ccc(-c2cc(CSc3nnc(-c4ccccc4Cl)n3C)on2)cc1. The van der Waals surface area contributed by atoms with Gasteiger partial charge in [-0.3, -0.25) is 0 Å². The topological polar surface area (TPSA) is 56.7 Å². The quantitative estimate of drug-likeness (QED) is 0.423. The molecule has 0 fully saturated rings. The molecule has 0 unspecified atom stereocenters. The Morgan fingerprint density at radius 3 is 2.63 bits per heavy atom. The average Bonchev–Trinajstić information content (AvgIpc) is 3.28. The third kappa shape index (κ3) is 3.77. The summed E-state index contributed by atoms with van der Waals surface area (Å²) in [7, 11) is 1.93. The fourth-order valence-electron chi connectivity index (χ4n) is 2.69. The van der Waals surface area contributed by atoms with Gasteiger partial charge in [0, 0.05) is 24.2 Å². The third-order valence-corrected chi connectivity index (χ3v) is 5.57. The highest BCUT2D eigenvalue weighted by Crippen LogP contribution is 2.30. The van der Waals surface area contributed by atoms with E-state index in [9.17, 15) is 0 Å². The lowest BCUT2D eigenvalue weighted by atomic mass is 10.1. The average molecular weight is 397 g/mol. The number of aryl methyl sites for hydroxylation is 1. The van der Waals surface area contributed by atoms with Gasteiger partial charge in [-0.2, -0.15) is 0 Å². The molecule has 0 saturated heterocycles. The van der Waals surface area contributed by atoms with Crippen molar-refractivity contribution in [2.45, 2.75) is 17.8 Å². The van der Waals surface area contributed by atoms with Gasteiger partial charge in [0.25, 0.3) is 0 Å². The van der Waals surface area contributed by atoms with Crippen LogP contribution in [0.4, 0.5) is 0 Å². The van der Waals surface area contributed by atoms with Crippen LogP contribution in [0.1, 0.15) is 11.3 Å². The highest BCUT2D eigenvalue weighted by Gasteiger charge is 2.15. The summed E-state index contributed by atoms with van der Waals surface area (Å²) in [5.74, 6) is 2.15. The summed E-state index contributed by atoms with van der Waals surface area (Å²) in [6, 6.07) is 17.8. The Hall–Kier alpha value is -2.57. The number of nitrogens with zero attached hydrogens (tertiary/aromatic N) is 4. The fraction of sp³-hybridized carbons (Fsp3) is 0.150. The van der Waals surface area contributed by atoms with Crippen LogP contribution < -0.4 is 0 Å². The number of hydrogen-bond donors (Lipinski definition) is 0. The molecule has 4 aromatic rings. The maximum absolute atomic E-state index is 6.27. The summed E-state index contributed by atoms with van der Waals surface area (Å²) in [5, 5.41) is 14.2. The van der Waals surface area contributed by atoms with E-state index >= 15 is 0 Å². The van der Waals surface area contributed by atoms with Crippen molar-refractivity contribution in [1.29, 1.82) is 0 Å². The van der Waals surface area contributed by atoms with Crippen molar-refractivity contribution in [2.24, 2.45) is 7.05 Å². The van der Waals surface area contributed by atoms with Gasteiger partial charge in [0.15, 0.2) is 11.0 Å². The predicted octanol–water partition coefficient (Wildman–Crippen LogP) is 5.39. The van der Waals surface area contributed by atoms with Crippen LogP contribution in [0.3, 0.4) is 0 Å². The molecule has 2 aromatic heterocycles. The van der Waals surface area contributed by atoms with Crippen LogP contribution >= 0.6 is 23.4 Å². The van der Waals surface area contributed by atoms with Crippen LogP contribution in [-0.4, -0.2) is 19.9 Å². The first kappa shape index (κ1) is 17.8. The maximum Gasteiger partial charge on any atom is 0.191 e. The molecular weight excluding hydrogens is 380 g/mol. The van der Waals surface area contributed by atoms with Gasteiger partial charge < -0.3 is 9.09 Å². The smallest absolute Gasteiger partial charge is 0.191 e. The van der Waals surface area contributed by atoms with Crippen molar-refractivity contribution >= 4 is 23.4 Å². The number of thioether (sulfide) groups is 1. The van der Waals surface area contributed by atoms with Crippen LogP contribution in [0.25, 0.3) is 22.6 Å². The minimum atomic E-state index is 0.618. The van der Waals surface area contributed by atoms with Gasteiger partial charge in [-0.05, 0) is 19.1 Å². The second-order valence-corrected chi connectivity index (χ2v) is 7.53. The molecule has 27 heavy (non-hydrogen) atoms. The van der Waals surface area contributed by atoms with Gasteiger partial charge in [0.1, 0.15) is 11.5 Å². The normalized spacial score (nSPS) is 11.1. The number of rotatable bonds is 5. The van der Waals surface area contributed by atoms with Crippen molar-refractivity contribution in [1.82, 2.24) is 19.9 Å². The lowest BCUT2D eigenvalue weighted by Crippen LogP contribution is -1.95. The van der Waals surface area contributed by atoms with Crippen LogP contribution in [0.5, 0.6) is 0 Å². The number of benzene rings is 2. The molecule has 2 aromatic carbocycles. The summed E-state index contributed by atoms with van der Waals surface area (Å²) in [6.45, 7) is 2.06. The van der Waals surface area contributed by atoms with E-state index in [4.69, 9.17) is 16.1 Å². The van der Waals surface area contributed by atoms with Gasteiger partial charge in [0.2, 0.25) is 0 Å². The molecule has 0 aliphatic rings. The van der Waals surface area contributed by atoms with Crippen molar-refractivity contribution in [3.05, 3.63) is 70.9 Å². The standard InChI is InChI=1S/C20H17ClN4OS/c1-13-7-9-14(10-8-13)18-11-15(26-24-18)12-27-20-23-22-19(25(20)2)16-5-3-4-6-17(16)21/h3-11H,12H2,1-2H3. The number of halogens is 1. The van der Waals surface area contributed by atoms with E-state index in [-0.39, 0.29) is 0 Å². The zero-order valence-corrected chi connectivity index (χ0v) is 16.5. The largest absolute Gasteiger partial charge is 0.360 e. The molecule has 0 spiro atoms. The van der Waals surface area contributed by atoms with Crippen molar-refractivity contribution in [3.63, 3.8) is 0 Å². The summed E-state index contributed by atoms with van der Waals surface area (Å²) < 4.78 is 7.41. The van der Waals surface area contributed by atoms with E-state index < -0.39 is 0 Å². The number of aromatic nitrogens is 4. The first-order valence-electron chi connectivity index (χ1n) is 8.41. The van der Waals surface area contributed by atoms with Crippen LogP contribution in [-0.2, 0) is 12.8 Å². The fourth-order valence-corrected chi connectivity index (χ4v) is 3.70. The molecule has 5 nitrogen and oxygen atoms in total. The minimum absolute atomic E-state index is 0.618. The van der Waals surface area contributed by atoms with Gasteiger partial charge in [-0.25, -0.2) is 0 Å². The van der Waals surface area contributed by atoms with E-state index in [1.807, 2.05) is 54.1 Å². The van der Waals surface area contributed by atoms with E-state index in [0.29, 0.717) is 10.8 Å². The van der Waals surface area contributed by atoms with Crippen molar-refractivity contribution in [3.8, 4) is 22.6 Å². The molecule has 7 heteroatoms. The Bertz CT molecular complexity index is 1070. The molecule has 0 atom stereocenters. The Morgan fingerprint density at radius 1 is 1.07 bits per heavy atom. The first-order valence-corrected chi connectivity index (χ1v) is 9.78. The van der Waals surface area contributed by atoms with Crippen molar-refractivity contribution < 1.29 is 4.52 Å². The lowest BCUT2D eigenvalue weighted by molar-refractivity contribution is 0.397. The van der Waals surface area contributed by atoms with E-state index in [2.05, 4.69) is 34.4 Å². The summed E-state index contributed by atoms with van der Waals surface area (Å²) in [4.78, 5) is 0. The van der Waals surface area contributed by atoms with Crippen LogP contribution in [0, 0.1) is 6.92 Å². The van der Waals surface area contributed by atoms with E-state index in [1.165, 1.54) is 5.56 Å². The van der Waals surface area contributed by atoms with Gasteiger partial charge >= 0.3 is 0 Å². The highest BCUT2D eigenvalue weighted by atomic mass is 35.5. The molecule has 2 heterocycles. The Morgan fingerprint density at radius 2 is 1.85 bits per heavy atom. The van der Waals surface area contributed by atoms with Crippen molar-refractivity contribution in [2.75, 3.05) is 0 Å². The maximum atomic E-state index is 6.27. The lowest BCUT2D eigenvalue weighted by Gasteiger charge is -2.04. The highest BCUT2D eigenvalue weighted by molar-refractivity contribution is 7.98. The molecule has 0 bridgehead atoms. The monoisotopic (exact) mass is 396 g/mol. The Kier molecular flexibility index (Phi) is 5.01. The molecule has 0 radical (unpaired) electrons. The van der Waals surface area contributed by atoms with E-state index in [1.54, 1.807) is 11.8 Å². The first-order chi connectivity index (χ1) is 13.1. The molecular formula is C20H17ClN4OS. The molecule has 0 N–H and O–H groups in total. The molecule has 136 valence electrons. The molecule has 0 saturated carbocycles. The molecule has 4 rings (SSSR count). The predicted molar refractivity (Wildman–Crippen MR) is 108 cm³/mol. The van der Waals surface area contributed by atoms with Crippen LogP contribution in [0.15, 0.2) is 64.3 Å². The second kappa shape index (κ2) is 7.58. The van der Waals surface area contributed by atoms with Gasteiger partial charge in [-0.1, -0.05) is 70.5 Å². The van der Waals surface area contributed by atoms with Gasteiger partial charge in [0.05, 0.1) is 10.8 Å². The van der Waals surface area contributed by atoms with E-state index in [0.717, 1.165) is 33.6 Å². The zero-order valence-electron chi connectivity index (χ0n) is 14.9. The summed E-state index contributed by atoms with van der Waals surface area (Å²) >= 11 is 7.82.